The van der Waals surface area contributed by atoms with Gasteiger partial charge in [0.25, 0.3) is 0 Å². The van der Waals surface area contributed by atoms with E-state index < -0.39 is 0 Å². The Morgan fingerprint density at radius 2 is 1.11 bits per heavy atom. The van der Waals surface area contributed by atoms with Gasteiger partial charge in [0, 0.05) is 11.4 Å². The van der Waals surface area contributed by atoms with Crippen LogP contribution in [0.4, 0.5) is 11.4 Å². The van der Waals surface area contributed by atoms with Crippen LogP contribution in [0, 0.1) is 0 Å². The molecule has 0 aliphatic carbocycles. The number of nitrogens with one attached hydrogen (secondary N) is 2. The second kappa shape index (κ2) is 14.6. The first-order chi connectivity index (χ1) is 13.1. The van der Waals surface area contributed by atoms with Crippen molar-refractivity contribution in [2.24, 2.45) is 0 Å². The molecule has 2 rings (SSSR count). The fourth-order valence-electron chi connectivity index (χ4n) is 2.25. The van der Waals surface area contributed by atoms with E-state index in [4.69, 9.17) is 21.7 Å². The molecule has 0 aliphatic rings. The number of anilines is 2. The summed E-state index contributed by atoms with van der Waals surface area (Å²) < 4.78 is 13.9. The molecule has 0 fully saturated rings. The van der Waals surface area contributed by atoms with Gasteiger partial charge in [-0.15, -0.1) is 0 Å². The van der Waals surface area contributed by atoms with Gasteiger partial charge in [0.2, 0.25) is 0 Å². The molecule has 0 heterocycles. The van der Waals surface area contributed by atoms with Crippen LogP contribution in [0.1, 0.15) is 27.7 Å². The normalized spacial score (nSPS) is 9.48. The van der Waals surface area contributed by atoms with Crippen molar-refractivity contribution < 1.29 is 9.47 Å². The molecular formula is C21H31InN2O2S. The van der Waals surface area contributed by atoms with E-state index in [9.17, 15) is 0 Å². The molecule has 0 amide bonds. The van der Waals surface area contributed by atoms with Crippen LogP contribution in [0.3, 0.4) is 0 Å². The monoisotopic (exact) mass is 490 g/mol. The Kier molecular flexibility index (Phi) is 12.8. The van der Waals surface area contributed by atoms with Crippen molar-refractivity contribution in [1.29, 1.82) is 0 Å². The van der Waals surface area contributed by atoms with Gasteiger partial charge in [0.15, 0.2) is 5.11 Å². The van der Waals surface area contributed by atoms with Crippen molar-refractivity contribution in [3.8, 4) is 11.5 Å². The first-order valence-corrected chi connectivity index (χ1v) is 15.8. The molecule has 6 heteroatoms. The van der Waals surface area contributed by atoms with Gasteiger partial charge in [-0.05, 0) is 74.6 Å². The number of hydrogen-bond donors (Lipinski definition) is 2. The van der Waals surface area contributed by atoms with Gasteiger partial charge >= 0.3 is 45.1 Å². The summed E-state index contributed by atoms with van der Waals surface area (Å²) in [6, 6.07) is 15.3. The third-order valence-electron chi connectivity index (χ3n) is 3.55. The van der Waals surface area contributed by atoms with E-state index >= 15 is 0 Å². The molecule has 0 aliphatic heterocycles. The maximum absolute atomic E-state index is 5.40. The molecule has 2 aromatic rings. The maximum atomic E-state index is 5.40. The van der Waals surface area contributed by atoms with Gasteiger partial charge in [-0.1, -0.05) is 0 Å². The van der Waals surface area contributed by atoms with E-state index in [2.05, 4.69) is 24.5 Å². The summed E-state index contributed by atoms with van der Waals surface area (Å²) in [5, 5.41) is 6.80. The summed E-state index contributed by atoms with van der Waals surface area (Å²) in [6.45, 7) is 9.85. The van der Waals surface area contributed by atoms with Crippen LogP contribution in [0.25, 0.3) is 0 Å². The van der Waals surface area contributed by atoms with Crippen LogP contribution >= 0.6 is 12.2 Å². The predicted octanol–water partition coefficient (Wildman–Crippen LogP) is 5.59. The number of hydrogen-bond acceptors (Lipinski definition) is 3. The summed E-state index contributed by atoms with van der Waals surface area (Å²) >= 11 is 5.24. The van der Waals surface area contributed by atoms with Gasteiger partial charge in [0.05, 0.1) is 13.2 Å². The second-order valence-electron chi connectivity index (χ2n) is 5.85. The Morgan fingerprint density at radius 1 is 0.741 bits per heavy atom. The van der Waals surface area contributed by atoms with E-state index in [-0.39, 0.29) is 22.9 Å². The van der Waals surface area contributed by atoms with E-state index in [0.29, 0.717) is 18.3 Å². The van der Waals surface area contributed by atoms with Gasteiger partial charge in [-0.3, -0.25) is 0 Å². The quantitative estimate of drug-likeness (QED) is 0.473. The molecule has 0 saturated heterocycles. The summed E-state index contributed by atoms with van der Waals surface area (Å²) in [4.78, 5) is 0. The number of rotatable bonds is 8. The Balaban J connectivity index is 0.000000646. The molecule has 4 nitrogen and oxygen atoms in total. The van der Waals surface area contributed by atoms with Crippen LogP contribution < -0.4 is 20.1 Å². The van der Waals surface area contributed by atoms with Gasteiger partial charge in [-0.25, -0.2) is 0 Å². The van der Waals surface area contributed by atoms with Crippen LogP contribution in [-0.2, 0) is 0 Å². The van der Waals surface area contributed by atoms with Crippen molar-refractivity contribution >= 4 is 51.6 Å². The van der Waals surface area contributed by atoms with E-state index in [0.717, 1.165) is 22.9 Å². The zero-order valence-corrected chi connectivity index (χ0v) is 21.7. The first kappa shape index (κ1) is 23.6. The van der Waals surface area contributed by atoms with Crippen LogP contribution in [0.15, 0.2) is 48.5 Å². The van der Waals surface area contributed by atoms with Crippen molar-refractivity contribution in [3.05, 3.63) is 48.5 Å². The van der Waals surface area contributed by atoms with Crippen molar-refractivity contribution in [2.45, 2.75) is 36.0 Å². The van der Waals surface area contributed by atoms with E-state index in [1.54, 1.807) is 8.35 Å². The van der Waals surface area contributed by atoms with Gasteiger partial charge < -0.3 is 20.1 Å². The minimum atomic E-state index is -0.0578. The molecule has 27 heavy (non-hydrogen) atoms. The summed E-state index contributed by atoms with van der Waals surface area (Å²) in [5.74, 6) is 1.69. The first-order valence-electron chi connectivity index (χ1n) is 9.66. The fourth-order valence-corrected chi connectivity index (χ4v) is 4.50. The third kappa shape index (κ3) is 10.5. The Labute approximate surface area is 180 Å². The van der Waals surface area contributed by atoms with Crippen molar-refractivity contribution in [3.63, 3.8) is 0 Å². The zero-order valence-electron chi connectivity index (χ0n) is 16.9. The predicted molar refractivity (Wildman–Crippen MR) is 123 cm³/mol. The second-order valence-corrected chi connectivity index (χ2v) is 14.0. The molecule has 0 spiro atoms. The van der Waals surface area contributed by atoms with Gasteiger partial charge in [0.1, 0.15) is 11.5 Å². The molecule has 0 saturated carbocycles. The number of benzene rings is 2. The molecular weight excluding hydrogens is 459 g/mol. The Hall–Kier alpha value is -1.40. The fraction of sp³-hybridized carbons (Fsp3) is 0.381. The summed E-state index contributed by atoms with van der Waals surface area (Å²) in [5.41, 5.74) is 1.82. The average Bonchev–Trinajstić information content (AvgIpc) is 2.66. The molecule has 0 bridgehead atoms. The Bertz CT molecular complexity index is 593. The number of thiocarbonyl (C=S) groups is 1. The van der Waals surface area contributed by atoms with Crippen molar-refractivity contribution in [2.75, 3.05) is 23.8 Å². The molecule has 0 radical (unpaired) electrons. The minimum absolute atomic E-state index is 0.0578. The summed E-state index contributed by atoms with van der Waals surface area (Å²) in [7, 11) is 0. The molecule has 2 aromatic carbocycles. The topological polar surface area (TPSA) is 42.5 Å². The van der Waals surface area contributed by atoms with Crippen LogP contribution in [0.2, 0.25) is 8.35 Å². The van der Waals surface area contributed by atoms with Crippen LogP contribution in [0.5, 0.6) is 11.5 Å². The molecule has 146 valence electrons. The molecule has 0 unspecified atom stereocenters. The molecule has 2 N–H and O–H groups in total. The van der Waals surface area contributed by atoms with Gasteiger partial charge in [-0.2, -0.15) is 0 Å². The van der Waals surface area contributed by atoms with E-state index in [1.807, 2.05) is 62.4 Å². The zero-order chi connectivity index (χ0) is 19.9. The average molecular weight is 490 g/mol. The number of ether oxygens (including phenoxy) is 2. The summed E-state index contributed by atoms with van der Waals surface area (Å²) in [6.07, 6.45) is 0. The van der Waals surface area contributed by atoms with Crippen LogP contribution in [-0.4, -0.2) is 41.2 Å². The SMILES string of the molecule is CCOc1ccc(NC(=S)Nc2ccc(OCC)cc2)cc1.C[CH2][InH][CH2]C. The third-order valence-corrected chi connectivity index (χ3v) is 7.79. The molecule has 0 aromatic heterocycles. The van der Waals surface area contributed by atoms with Crippen molar-refractivity contribution in [1.82, 2.24) is 0 Å². The standard InChI is InChI=1S/C17H20N2O2S.2C2H5.In.H/c1-3-20-15-9-5-13(6-10-15)18-17(22)19-14-7-11-16(12-8-14)21-4-2;2*1-2;;/h5-12H,3-4H2,1-2H3,(H2,18,19,22);2*1H2,2H3;;. The Morgan fingerprint density at radius 3 is 1.37 bits per heavy atom. The molecule has 0 atom stereocenters. The van der Waals surface area contributed by atoms with E-state index in [1.165, 1.54) is 0 Å².